The molecular weight excluding hydrogens is 330 g/mol. The molecule has 0 unspecified atom stereocenters. The van der Waals surface area contributed by atoms with Gasteiger partial charge in [0.2, 0.25) is 0 Å². The van der Waals surface area contributed by atoms with Gasteiger partial charge in [-0.05, 0) is 30.7 Å². The molecule has 1 aliphatic rings. The molecule has 0 atom stereocenters. The predicted molar refractivity (Wildman–Crippen MR) is 101 cm³/mol. The van der Waals surface area contributed by atoms with Crippen LogP contribution in [0.4, 0.5) is 5.69 Å². The molecule has 1 aromatic rings. The van der Waals surface area contributed by atoms with Gasteiger partial charge in [0.25, 0.3) is 0 Å². The second-order valence-corrected chi connectivity index (χ2v) is 11.3. The fraction of sp³-hybridized carbons (Fsp3) is 0.625. The molecule has 6 heteroatoms. The van der Waals surface area contributed by atoms with Crippen LogP contribution in [0.2, 0.25) is 12.1 Å². The van der Waals surface area contributed by atoms with E-state index in [1.165, 1.54) is 12.5 Å². The van der Waals surface area contributed by atoms with Gasteiger partial charge < -0.3 is 4.90 Å². The fourth-order valence-corrected chi connectivity index (χ4v) is 6.79. The van der Waals surface area contributed by atoms with Crippen LogP contribution in [0, 0.1) is 0 Å². The number of hydrogen-bond donors (Lipinski definition) is 0. The topological polar surface area (TPSA) is 37.4 Å². The molecule has 3 nitrogen and oxygen atoms in total. The molecule has 0 radical (unpaired) electrons. The van der Waals surface area contributed by atoms with Gasteiger partial charge in [-0.15, -0.1) is 0 Å². The first kappa shape index (κ1) is 17.9. The Morgan fingerprint density at radius 3 is 2.45 bits per heavy atom. The van der Waals surface area contributed by atoms with Crippen molar-refractivity contribution in [3.8, 4) is 0 Å². The first-order valence-corrected chi connectivity index (χ1v) is 13.1. The van der Waals surface area contributed by atoms with Crippen molar-refractivity contribution in [1.29, 1.82) is 0 Å². The van der Waals surface area contributed by atoms with E-state index in [1.54, 1.807) is 12.1 Å². The summed E-state index contributed by atoms with van der Waals surface area (Å²) in [4.78, 5) is 2.82. The molecule has 1 saturated heterocycles. The lowest BCUT2D eigenvalue weighted by atomic mass is 10.3. The Morgan fingerprint density at radius 2 is 1.82 bits per heavy atom. The maximum absolute atomic E-state index is 12.4. The molecular formula is C16H27NO2S2Si. The van der Waals surface area contributed by atoms with Crippen molar-refractivity contribution in [3.05, 3.63) is 24.3 Å². The van der Waals surface area contributed by atoms with Crippen LogP contribution in [0.3, 0.4) is 0 Å². The third kappa shape index (κ3) is 5.32. The monoisotopic (exact) mass is 357 g/mol. The number of anilines is 1. The standard InChI is InChI=1S/C16H27NO2S2Si/c1-2-13-22-14-3-12-21(18,19)16-6-4-15(5-7-16)17-8-10-20-11-9-17/h4-7H,2-3,8-14,22H2,1H3. The van der Waals surface area contributed by atoms with E-state index in [-0.39, 0.29) is 9.52 Å². The van der Waals surface area contributed by atoms with Crippen LogP contribution in [0.1, 0.15) is 19.8 Å². The van der Waals surface area contributed by atoms with Gasteiger partial charge in [0, 0.05) is 39.8 Å². The summed E-state index contributed by atoms with van der Waals surface area (Å²) in [5, 5.41) is 0. The summed E-state index contributed by atoms with van der Waals surface area (Å²) in [6.07, 6.45) is 2.08. The van der Waals surface area contributed by atoms with Crippen LogP contribution in [0.5, 0.6) is 0 Å². The summed E-state index contributed by atoms with van der Waals surface area (Å²) in [6.45, 7) is 4.31. The van der Waals surface area contributed by atoms with Crippen molar-refractivity contribution in [2.24, 2.45) is 0 Å². The van der Waals surface area contributed by atoms with Gasteiger partial charge in [-0.2, -0.15) is 11.8 Å². The van der Waals surface area contributed by atoms with Crippen molar-refractivity contribution >= 4 is 36.8 Å². The van der Waals surface area contributed by atoms with Gasteiger partial charge >= 0.3 is 0 Å². The molecule has 2 rings (SSSR count). The van der Waals surface area contributed by atoms with E-state index in [1.807, 2.05) is 23.9 Å². The van der Waals surface area contributed by atoms with Crippen LogP contribution in [0.25, 0.3) is 0 Å². The van der Waals surface area contributed by atoms with Gasteiger partial charge in [0.1, 0.15) is 0 Å². The van der Waals surface area contributed by atoms with E-state index in [9.17, 15) is 8.42 Å². The number of thioether (sulfide) groups is 1. The van der Waals surface area contributed by atoms with Crippen molar-refractivity contribution < 1.29 is 8.42 Å². The largest absolute Gasteiger partial charge is 0.370 e. The highest BCUT2D eigenvalue weighted by atomic mass is 32.2. The van der Waals surface area contributed by atoms with E-state index in [4.69, 9.17) is 0 Å². The Hall–Kier alpha value is -0.463. The minimum atomic E-state index is -3.10. The van der Waals surface area contributed by atoms with Crippen LogP contribution in [-0.2, 0) is 9.84 Å². The Balaban J connectivity index is 1.90. The molecule has 0 aliphatic carbocycles. The van der Waals surface area contributed by atoms with E-state index >= 15 is 0 Å². The summed E-state index contributed by atoms with van der Waals surface area (Å²) in [7, 11) is -3.13. The molecule has 22 heavy (non-hydrogen) atoms. The first-order valence-electron chi connectivity index (χ1n) is 8.29. The van der Waals surface area contributed by atoms with Gasteiger partial charge in [0.05, 0.1) is 10.6 Å². The predicted octanol–water partition coefficient (Wildman–Crippen LogP) is 2.82. The molecule has 124 valence electrons. The molecule has 0 aromatic heterocycles. The summed E-state index contributed by atoms with van der Waals surface area (Å²) in [6, 6.07) is 9.99. The Morgan fingerprint density at radius 1 is 1.14 bits per heavy atom. The zero-order chi connectivity index (χ0) is 15.8. The Labute approximate surface area is 141 Å². The van der Waals surface area contributed by atoms with Crippen molar-refractivity contribution in [2.45, 2.75) is 36.7 Å². The number of benzene rings is 1. The van der Waals surface area contributed by atoms with E-state index in [0.29, 0.717) is 10.6 Å². The maximum atomic E-state index is 12.4. The van der Waals surface area contributed by atoms with Gasteiger partial charge in [0.15, 0.2) is 9.84 Å². The third-order valence-corrected chi connectivity index (χ3v) is 9.05. The molecule has 1 aliphatic heterocycles. The molecule has 0 saturated carbocycles. The maximum Gasteiger partial charge on any atom is 0.178 e. The fourth-order valence-electron chi connectivity index (χ4n) is 2.70. The molecule has 0 bridgehead atoms. The number of nitrogens with zero attached hydrogens (tertiary/aromatic N) is 1. The van der Waals surface area contributed by atoms with Crippen LogP contribution in [-0.4, -0.2) is 48.3 Å². The Bertz CT molecular complexity index is 540. The molecule has 0 amide bonds. The van der Waals surface area contributed by atoms with Crippen molar-refractivity contribution in [3.63, 3.8) is 0 Å². The average molecular weight is 358 g/mol. The van der Waals surface area contributed by atoms with Crippen molar-refractivity contribution in [1.82, 2.24) is 0 Å². The highest BCUT2D eigenvalue weighted by Gasteiger charge is 2.16. The van der Waals surface area contributed by atoms with Crippen LogP contribution < -0.4 is 4.90 Å². The summed E-state index contributed by atoms with van der Waals surface area (Å²) < 4.78 is 24.7. The lowest BCUT2D eigenvalue weighted by Crippen LogP contribution is -2.32. The molecule has 1 aromatic carbocycles. The highest BCUT2D eigenvalue weighted by molar-refractivity contribution is 7.99. The second kappa shape index (κ2) is 8.98. The molecule has 0 N–H and O–H groups in total. The minimum Gasteiger partial charge on any atom is -0.370 e. The molecule has 1 fully saturated rings. The lowest BCUT2D eigenvalue weighted by Gasteiger charge is -2.28. The van der Waals surface area contributed by atoms with Gasteiger partial charge in [-0.3, -0.25) is 0 Å². The van der Waals surface area contributed by atoms with E-state index in [0.717, 1.165) is 42.7 Å². The number of rotatable bonds is 8. The summed E-state index contributed by atoms with van der Waals surface area (Å²) in [5.41, 5.74) is 1.15. The molecule has 1 heterocycles. The SMILES string of the molecule is CCC[SiH2]CCCS(=O)(=O)c1ccc(N2CCSCC2)cc1. The van der Waals surface area contributed by atoms with E-state index < -0.39 is 9.84 Å². The van der Waals surface area contributed by atoms with Crippen LogP contribution >= 0.6 is 11.8 Å². The zero-order valence-electron chi connectivity index (χ0n) is 13.5. The van der Waals surface area contributed by atoms with Crippen molar-refractivity contribution in [2.75, 3.05) is 35.2 Å². The minimum absolute atomic E-state index is 0.0306. The molecule has 0 spiro atoms. The van der Waals surface area contributed by atoms with Gasteiger partial charge in [-0.25, -0.2) is 8.42 Å². The normalized spacial score (nSPS) is 16.5. The Kier molecular flexibility index (Phi) is 7.30. The lowest BCUT2D eigenvalue weighted by molar-refractivity contribution is 0.594. The number of sulfone groups is 1. The van der Waals surface area contributed by atoms with Gasteiger partial charge in [-0.1, -0.05) is 25.4 Å². The average Bonchev–Trinajstić information content (AvgIpc) is 2.55. The van der Waals surface area contributed by atoms with Crippen LogP contribution in [0.15, 0.2) is 29.2 Å². The quantitative estimate of drug-likeness (QED) is 0.530. The van der Waals surface area contributed by atoms with E-state index in [2.05, 4.69) is 11.8 Å². The summed E-state index contributed by atoms with van der Waals surface area (Å²) in [5.74, 6) is 2.62. The smallest absolute Gasteiger partial charge is 0.178 e. The summed E-state index contributed by atoms with van der Waals surface area (Å²) >= 11 is 1.98. The third-order valence-electron chi connectivity index (χ3n) is 4.09. The number of hydrogen-bond acceptors (Lipinski definition) is 4. The first-order chi connectivity index (χ1) is 10.6. The zero-order valence-corrected chi connectivity index (χ0v) is 16.5. The second-order valence-electron chi connectivity index (χ2n) is 5.83. The highest BCUT2D eigenvalue weighted by Crippen LogP contribution is 2.22.